The highest BCUT2D eigenvalue weighted by atomic mass is 19.1. The molecule has 0 atom stereocenters. The monoisotopic (exact) mass is 499 g/mol. The highest BCUT2D eigenvalue weighted by Gasteiger charge is 2.21. The predicted octanol–water partition coefficient (Wildman–Crippen LogP) is 4.14. The van der Waals surface area contributed by atoms with E-state index in [1.165, 1.54) is 12.1 Å². The number of benzene rings is 1. The fraction of sp³-hybridized carbons (Fsp3) is 0.333. The van der Waals surface area contributed by atoms with Gasteiger partial charge >= 0.3 is 0 Å². The molecule has 1 aliphatic rings. The Kier molecular flexibility index (Phi) is 6.27. The number of aromatic nitrogens is 6. The van der Waals surface area contributed by atoms with E-state index in [9.17, 15) is 4.39 Å². The summed E-state index contributed by atoms with van der Waals surface area (Å²) in [6.45, 7) is 3.58. The van der Waals surface area contributed by atoms with Crippen LogP contribution in [0.5, 0.6) is 0 Å². The number of nitrogens with zero attached hydrogens (tertiary/aromatic N) is 5. The number of halogens is 1. The lowest BCUT2D eigenvalue weighted by atomic mass is 9.94. The third-order valence-corrected chi connectivity index (χ3v) is 6.90. The molecule has 0 saturated carbocycles. The first-order valence-electron chi connectivity index (χ1n) is 12.7. The van der Waals surface area contributed by atoms with Crippen molar-refractivity contribution in [2.45, 2.75) is 18.8 Å². The van der Waals surface area contributed by atoms with Crippen LogP contribution in [0, 0.1) is 5.82 Å². The Morgan fingerprint density at radius 3 is 2.78 bits per heavy atom. The van der Waals surface area contributed by atoms with Gasteiger partial charge in [-0.1, -0.05) is 0 Å². The van der Waals surface area contributed by atoms with E-state index >= 15 is 0 Å². The number of hydrogen-bond acceptors (Lipinski definition) is 7. The van der Waals surface area contributed by atoms with Crippen molar-refractivity contribution in [2.75, 3.05) is 45.6 Å². The summed E-state index contributed by atoms with van der Waals surface area (Å²) in [5.74, 6) is 0.713. The number of nitrogens with one attached hydrogen (secondary N) is 4. The lowest BCUT2D eigenvalue weighted by Gasteiger charge is -2.22. The van der Waals surface area contributed by atoms with E-state index in [2.05, 4.69) is 41.8 Å². The molecule has 0 unspecified atom stereocenters. The molecule has 6 rings (SSSR count). The average Bonchev–Trinajstić information content (AvgIpc) is 3.52. The number of fused-ring (bicyclic) bond motifs is 2. The molecule has 5 aromatic rings. The molecular formula is C27H30FN9. The lowest BCUT2D eigenvalue weighted by molar-refractivity contribution is 0.425. The van der Waals surface area contributed by atoms with Crippen molar-refractivity contribution >= 4 is 27.9 Å². The van der Waals surface area contributed by atoms with Gasteiger partial charge in [0.05, 0.1) is 11.0 Å². The minimum Gasteiger partial charge on any atom is -0.384 e. The van der Waals surface area contributed by atoms with Gasteiger partial charge < -0.3 is 20.5 Å². The van der Waals surface area contributed by atoms with Gasteiger partial charge in [-0.25, -0.2) is 19.3 Å². The van der Waals surface area contributed by atoms with Crippen LogP contribution in [0.3, 0.4) is 0 Å². The van der Waals surface area contributed by atoms with Crippen LogP contribution in [-0.4, -0.2) is 75.3 Å². The molecule has 9 nitrogen and oxygen atoms in total. The topological polar surface area (TPSA) is 110 Å². The Morgan fingerprint density at radius 1 is 1.08 bits per heavy atom. The average molecular weight is 500 g/mol. The molecule has 0 amide bonds. The molecule has 1 fully saturated rings. The van der Waals surface area contributed by atoms with E-state index < -0.39 is 0 Å². The summed E-state index contributed by atoms with van der Waals surface area (Å²) in [6, 6.07) is 11.0. The zero-order valence-electron chi connectivity index (χ0n) is 21.0. The zero-order chi connectivity index (χ0) is 25.4. The minimum absolute atomic E-state index is 0.303. The third kappa shape index (κ3) is 4.77. The predicted molar refractivity (Wildman–Crippen MR) is 144 cm³/mol. The highest BCUT2D eigenvalue weighted by molar-refractivity contribution is 5.94. The molecule has 0 bridgehead atoms. The van der Waals surface area contributed by atoms with Gasteiger partial charge in [-0.15, -0.1) is 0 Å². The summed E-state index contributed by atoms with van der Waals surface area (Å²) < 4.78 is 14.6. The zero-order valence-corrected chi connectivity index (χ0v) is 21.0. The fourth-order valence-corrected chi connectivity index (χ4v) is 4.96. The smallest absolute Gasteiger partial charge is 0.178 e. The number of likely N-dealkylation sites (N-methyl/N-ethyl adjacent to an activating group) is 1. The van der Waals surface area contributed by atoms with Crippen LogP contribution in [0.25, 0.3) is 44.8 Å². The second-order valence-corrected chi connectivity index (χ2v) is 9.83. The first kappa shape index (κ1) is 23.5. The van der Waals surface area contributed by atoms with Gasteiger partial charge in [0, 0.05) is 42.1 Å². The van der Waals surface area contributed by atoms with E-state index in [-0.39, 0.29) is 5.82 Å². The largest absolute Gasteiger partial charge is 0.384 e. The normalized spacial score (nSPS) is 14.7. The number of imidazole rings is 1. The van der Waals surface area contributed by atoms with Crippen molar-refractivity contribution in [1.29, 1.82) is 0 Å². The summed E-state index contributed by atoms with van der Waals surface area (Å²) in [4.78, 5) is 19.7. The van der Waals surface area contributed by atoms with Crippen LogP contribution in [0.15, 0.2) is 42.6 Å². The number of piperidine rings is 1. The standard InChI is InChI=1S/C27H30FN9/c1-37(2)12-11-30-19-14-17(13-18(28)15-19)20-7-10-31-26-23(20)33-27(34-26)25-24-22(35-36-25)4-3-21(32-24)16-5-8-29-9-6-16/h3-4,7,10,13-16,29-30H,5-6,8-9,11-12H2,1-2H3,(H,35,36)(H,31,33,34). The van der Waals surface area contributed by atoms with Crippen LogP contribution < -0.4 is 10.6 Å². The van der Waals surface area contributed by atoms with Gasteiger partial charge in [0.2, 0.25) is 0 Å². The van der Waals surface area contributed by atoms with E-state index in [1.807, 2.05) is 32.3 Å². The van der Waals surface area contributed by atoms with Crippen molar-refractivity contribution in [2.24, 2.45) is 0 Å². The Bertz CT molecular complexity index is 1550. The SMILES string of the molecule is CN(C)CCNc1cc(F)cc(-c2ccnc3nc(-c4n[nH]c5ccc(C6CCNCC6)nc45)[nH]c23)c1. The third-order valence-electron chi connectivity index (χ3n) is 6.90. The molecule has 1 aliphatic heterocycles. The first-order chi connectivity index (χ1) is 18.0. The molecule has 1 aromatic carbocycles. The number of hydrogen-bond donors (Lipinski definition) is 4. The number of H-pyrrole nitrogens is 2. The van der Waals surface area contributed by atoms with Gasteiger partial charge in [0.25, 0.3) is 0 Å². The summed E-state index contributed by atoms with van der Waals surface area (Å²) in [5, 5.41) is 14.3. The quantitative estimate of drug-likeness (QED) is 0.266. The minimum atomic E-state index is -0.303. The molecule has 190 valence electrons. The van der Waals surface area contributed by atoms with Crippen molar-refractivity contribution in [1.82, 2.24) is 40.3 Å². The van der Waals surface area contributed by atoms with Crippen LogP contribution in [0.4, 0.5) is 10.1 Å². The van der Waals surface area contributed by atoms with Crippen LogP contribution in [-0.2, 0) is 0 Å². The highest BCUT2D eigenvalue weighted by Crippen LogP contribution is 2.33. The maximum absolute atomic E-state index is 14.6. The Labute approximate surface area is 213 Å². The second kappa shape index (κ2) is 9.87. The summed E-state index contributed by atoms with van der Waals surface area (Å²) in [5.41, 5.74) is 6.96. The van der Waals surface area contributed by atoms with E-state index in [4.69, 9.17) is 9.97 Å². The molecule has 4 aromatic heterocycles. The van der Waals surface area contributed by atoms with Gasteiger partial charge in [-0.05, 0) is 82.0 Å². The molecule has 5 heterocycles. The first-order valence-corrected chi connectivity index (χ1v) is 12.7. The van der Waals surface area contributed by atoms with Crippen molar-refractivity contribution in [3.63, 3.8) is 0 Å². The molecule has 0 aliphatic carbocycles. The van der Waals surface area contributed by atoms with Gasteiger partial charge in [0.15, 0.2) is 17.2 Å². The summed E-state index contributed by atoms with van der Waals surface area (Å²) in [7, 11) is 4.02. The van der Waals surface area contributed by atoms with Gasteiger partial charge in [-0.3, -0.25) is 5.10 Å². The van der Waals surface area contributed by atoms with Crippen molar-refractivity contribution in [3.05, 3.63) is 54.1 Å². The summed E-state index contributed by atoms with van der Waals surface area (Å²) >= 11 is 0. The van der Waals surface area contributed by atoms with E-state index in [0.717, 1.165) is 71.5 Å². The van der Waals surface area contributed by atoms with Crippen LogP contribution >= 0.6 is 0 Å². The second-order valence-electron chi connectivity index (χ2n) is 9.83. The Morgan fingerprint density at radius 2 is 1.95 bits per heavy atom. The van der Waals surface area contributed by atoms with Crippen molar-refractivity contribution < 1.29 is 4.39 Å². The molecular weight excluding hydrogens is 469 g/mol. The molecule has 1 saturated heterocycles. The fourth-order valence-electron chi connectivity index (χ4n) is 4.96. The molecule has 0 radical (unpaired) electrons. The number of anilines is 1. The van der Waals surface area contributed by atoms with Crippen LogP contribution in [0.2, 0.25) is 0 Å². The van der Waals surface area contributed by atoms with Crippen LogP contribution in [0.1, 0.15) is 24.5 Å². The van der Waals surface area contributed by atoms with Gasteiger partial charge in [0.1, 0.15) is 11.3 Å². The molecule has 0 spiro atoms. The molecule has 4 N–H and O–H groups in total. The summed E-state index contributed by atoms with van der Waals surface area (Å²) in [6.07, 6.45) is 3.84. The maximum atomic E-state index is 14.6. The molecule has 10 heteroatoms. The number of aromatic amines is 2. The maximum Gasteiger partial charge on any atom is 0.178 e. The Balaban J connectivity index is 1.37. The van der Waals surface area contributed by atoms with E-state index in [0.29, 0.717) is 29.6 Å². The molecule has 37 heavy (non-hydrogen) atoms. The lowest BCUT2D eigenvalue weighted by Crippen LogP contribution is -2.27. The Hall–Kier alpha value is -3.89. The number of pyridine rings is 2. The number of rotatable bonds is 7. The van der Waals surface area contributed by atoms with E-state index in [1.54, 1.807) is 6.20 Å². The van der Waals surface area contributed by atoms with Gasteiger partial charge in [-0.2, -0.15) is 5.10 Å². The van der Waals surface area contributed by atoms with Crippen molar-refractivity contribution in [3.8, 4) is 22.6 Å².